The van der Waals surface area contributed by atoms with Gasteiger partial charge < -0.3 is 10.1 Å². The maximum Gasteiger partial charge on any atom is 0.261 e. The van der Waals surface area contributed by atoms with E-state index >= 15 is 0 Å². The Hall–Kier alpha value is -1.62. The van der Waals surface area contributed by atoms with Gasteiger partial charge in [0, 0.05) is 6.04 Å². The molecule has 2 N–H and O–H groups in total. The molecule has 1 fully saturated rings. The van der Waals surface area contributed by atoms with E-state index in [1.165, 1.54) is 19.3 Å². The third kappa shape index (κ3) is 5.82. The van der Waals surface area contributed by atoms with E-state index in [9.17, 15) is 4.79 Å². The molecule has 23 heavy (non-hydrogen) atoms. The fourth-order valence-corrected chi connectivity index (χ4v) is 2.93. The van der Waals surface area contributed by atoms with Crippen LogP contribution in [-0.2, 0) is 0 Å². The molecule has 0 heterocycles. The normalized spacial score (nSPS) is 15.3. The Morgan fingerprint density at radius 1 is 1.26 bits per heavy atom. The molecule has 5 heteroatoms. The minimum atomic E-state index is -0.224. The number of ether oxygens (including phenoxy) is 1. The SMILES string of the molecule is CC(C)COc1ccccc1C(=O)NC(=S)NC1CCCCC1. The van der Waals surface area contributed by atoms with E-state index in [2.05, 4.69) is 24.5 Å². The van der Waals surface area contributed by atoms with Crippen molar-refractivity contribution in [3.63, 3.8) is 0 Å². The van der Waals surface area contributed by atoms with Gasteiger partial charge in [-0.15, -0.1) is 0 Å². The van der Waals surface area contributed by atoms with Crippen molar-refractivity contribution in [2.24, 2.45) is 5.92 Å². The maximum atomic E-state index is 12.4. The summed E-state index contributed by atoms with van der Waals surface area (Å²) in [4.78, 5) is 12.4. The van der Waals surface area contributed by atoms with Gasteiger partial charge in [-0.1, -0.05) is 45.2 Å². The van der Waals surface area contributed by atoms with E-state index in [0.29, 0.717) is 35.0 Å². The van der Waals surface area contributed by atoms with Gasteiger partial charge in [-0.3, -0.25) is 10.1 Å². The van der Waals surface area contributed by atoms with Crippen molar-refractivity contribution in [1.29, 1.82) is 0 Å². The second-order valence-corrected chi connectivity index (χ2v) is 6.87. The van der Waals surface area contributed by atoms with Crippen molar-refractivity contribution in [2.45, 2.75) is 52.0 Å². The second kappa shape index (κ2) is 8.87. The summed E-state index contributed by atoms with van der Waals surface area (Å²) in [6.45, 7) is 4.73. The predicted molar refractivity (Wildman–Crippen MR) is 96.8 cm³/mol. The van der Waals surface area contributed by atoms with Gasteiger partial charge in [0.15, 0.2) is 5.11 Å². The molecule has 0 aromatic heterocycles. The molecule has 0 atom stereocenters. The molecule has 2 rings (SSSR count). The number of hydrogen-bond acceptors (Lipinski definition) is 3. The van der Waals surface area contributed by atoms with Gasteiger partial charge in [-0.05, 0) is 43.1 Å². The lowest BCUT2D eigenvalue weighted by molar-refractivity contribution is 0.0971. The number of benzene rings is 1. The van der Waals surface area contributed by atoms with Gasteiger partial charge in [0.25, 0.3) is 5.91 Å². The summed E-state index contributed by atoms with van der Waals surface area (Å²) in [5, 5.41) is 6.42. The topological polar surface area (TPSA) is 50.4 Å². The molecule has 0 spiro atoms. The summed E-state index contributed by atoms with van der Waals surface area (Å²) in [5.41, 5.74) is 0.515. The first-order valence-electron chi connectivity index (χ1n) is 8.40. The minimum Gasteiger partial charge on any atom is -0.492 e. The van der Waals surface area contributed by atoms with Gasteiger partial charge in [0.1, 0.15) is 5.75 Å². The summed E-state index contributed by atoms with van der Waals surface area (Å²) in [6, 6.07) is 7.65. The molecule has 1 saturated carbocycles. The lowest BCUT2D eigenvalue weighted by Crippen LogP contribution is -2.45. The van der Waals surface area contributed by atoms with Crippen LogP contribution in [0.4, 0.5) is 0 Å². The average molecular weight is 334 g/mol. The van der Waals surface area contributed by atoms with Crippen LogP contribution in [0.2, 0.25) is 0 Å². The zero-order chi connectivity index (χ0) is 16.7. The Labute approximate surface area is 144 Å². The highest BCUT2D eigenvalue weighted by molar-refractivity contribution is 7.80. The second-order valence-electron chi connectivity index (χ2n) is 6.46. The molecule has 1 aromatic rings. The van der Waals surface area contributed by atoms with Crippen LogP contribution < -0.4 is 15.4 Å². The molecule has 0 unspecified atom stereocenters. The fourth-order valence-electron chi connectivity index (χ4n) is 2.68. The Morgan fingerprint density at radius 2 is 1.96 bits per heavy atom. The van der Waals surface area contributed by atoms with E-state index in [1.807, 2.05) is 18.2 Å². The van der Waals surface area contributed by atoms with Crippen LogP contribution in [0.3, 0.4) is 0 Å². The van der Waals surface area contributed by atoms with Gasteiger partial charge in [-0.25, -0.2) is 0 Å². The lowest BCUT2D eigenvalue weighted by atomic mass is 9.96. The third-order valence-electron chi connectivity index (χ3n) is 3.87. The van der Waals surface area contributed by atoms with Crippen molar-refractivity contribution in [3.05, 3.63) is 29.8 Å². The van der Waals surface area contributed by atoms with Crippen molar-refractivity contribution in [1.82, 2.24) is 10.6 Å². The molecule has 4 nitrogen and oxygen atoms in total. The van der Waals surface area contributed by atoms with E-state index < -0.39 is 0 Å². The van der Waals surface area contributed by atoms with E-state index in [-0.39, 0.29) is 5.91 Å². The summed E-state index contributed by atoms with van der Waals surface area (Å²) in [6.07, 6.45) is 5.96. The van der Waals surface area contributed by atoms with Crippen LogP contribution in [0.15, 0.2) is 24.3 Å². The first-order chi connectivity index (χ1) is 11.1. The molecule has 0 saturated heterocycles. The van der Waals surface area contributed by atoms with Crippen LogP contribution >= 0.6 is 12.2 Å². The lowest BCUT2D eigenvalue weighted by Gasteiger charge is -2.24. The van der Waals surface area contributed by atoms with E-state index in [0.717, 1.165) is 12.8 Å². The van der Waals surface area contributed by atoms with Gasteiger partial charge in [0.05, 0.1) is 12.2 Å². The number of carbonyl (C=O) groups excluding carboxylic acids is 1. The molecule has 126 valence electrons. The van der Waals surface area contributed by atoms with Gasteiger partial charge in [-0.2, -0.15) is 0 Å². The zero-order valence-electron chi connectivity index (χ0n) is 13.9. The molecule has 0 bridgehead atoms. The quantitative estimate of drug-likeness (QED) is 0.807. The number of thiocarbonyl (C=S) groups is 1. The minimum absolute atomic E-state index is 0.224. The highest BCUT2D eigenvalue weighted by Gasteiger charge is 2.17. The number of para-hydroxylation sites is 1. The average Bonchev–Trinajstić information content (AvgIpc) is 2.54. The van der Waals surface area contributed by atoms with Crippen molar-refractivity contribution >= 4 is 23.2 Å². The molecular weight excluding hydrogens is 308 g/mol. The monoisotopic (exact) mass is 334 g/mol. The molecular formula is C18H26N2O2S. The third-order valence-corrected chi connectivity index (χ3v) is 4.09. The number of rotatable bonds is 5. The Morgan fingerprint density at radius 3 is 2.65 bits per heavy atom. The summed E-state index contributed by atoms with van der Waals surface area (Å²) < 4.78 is 5.73. The highest BCUT2D eigenvalue weighted by atomic mass is 32.1. The van der Waals surface area contributed by atoms with Gasteiger partial charge >= 0.3 is 0 Å². The molecule has 1 aromatic carbocycles. The highest BCUT2D eigenvalue weighted by Crippen LogP contribution is 2.19. The molecule has 0 radical (unpaired) electrons. The Balaban J connectivity index is 1.92. The number of nitrogens with one attached hydrogen (secondary N) is 2. The van der Waals surface area contributed by atoms with Crippen LogP contribution in [0.5, 0.6) is 5.75 Å². The first-order valence-corrected chi connectivity index (χ1v) is 8.80. The van der Waals surface area contributed by atoms with E-state index in [1.54, 1.807) is 6.07 Å². The molecule has 1 aliphatic rings. The van der Waals surface area contributed by atoms with Crippen LogP contribution in [0.1, 0.15) is 56.3 Å². The van der Waals surface area contributed by atoms with E-state index in [4.69, 9.17) is 17.0 Å². The zero-order valence-corrected chi connectivity index (χ0v) is 14.7. The Kier molecular flexibility index (Phi) is 6.84. The number of carbonyl (C=O) groups is 1. The summed E-state index contributed by atoms with van der Waals surface area (Å²) in [7, 11) is 0. The standard InChI is InChI=1S/C18H26N2O2S/c1-13(2)12-22-16-11-7-6-10-15(16)17(21)20-18(23)19-14-8-4-3-5-9-14/h6-7,10-11,13-14H,3-5,8-9,12H2,1-2H3,(H2,19,20,21,23). The molecule has 0 aliphatic heterocycles. The van der Waals surface area contributed by atoms with Crippen molar-refractivity contribution < 1.29 is 9.53 Å². The largest absolute Gasteiger partial charge is 0.492 e. The van der Waals surface area contributed by atoms with Gasteiger partial charge in [0.2, 0.25) is 0 Å². The van der Waals surface area contributed by atoms with Crippen LogP contribution in [-0.4, -0.2) is 23.7 Å². The summed E-state index contributed by atoms with van der Waals surface area (Å²) >= 11 is 5.28. The number of hydrogen-bond donors (Lipinski definition) is 2. The molecule has 1 amide bonds. The summed E-state index contributed by atoms with van der Waals surface area (Å²) in [5.74, 6) is 0.775. The first kappa shape index (κ1) is 17.7. The van der Waals surface area contributed by atoms with Crippen molar-refractivity contribution in [3.8, 4) is 5.75 Å². The maximum absolute atomic E-state index is 12.4. The Bertz CT molecular complexity index is 540. The van der Waals surface area contributed by atoms with Crippen LogP contribution in [0, 0.1) is 5.92 Å². The van der Waals surface area contributed by atoms with Crippen LogP contribution in [0.25, 0.3) is 0 Å². The predicted octanol–water partition coefficient (Wildman–Crippen LogP) is 3.66. The van der Waals surface area contributed by atoms with Crippen molar-refractivity contribution in [2.75, 3.05) is 6.61 Å². The molecule has 1 aliphatic carbocycles. The fraction of sp³-hybridized carbons (Fsp3) is 0.556. The smallest absolute Gasteiger partial charge is 0.261 e. The number of amides is 1.